The third kappa shape index (κ3) is 5.17. The summed E-state index contributed by atoms with van der Waals surface area (Å²) in [7, 11) is 0. The molecule has 0 fully saturated rings. The summed E-state index contributed by atoms with van der Waals surface area (Å²) in [5, 5.41) is 7.99. The molecule has 3 heterocycles. The fraction of sp³-hybridized carbons (Fsp3) is 0. The van der Waals surface area contributed by atoms with Crippen molar-refractivity contribution >= 4 is 54.4 Å². The average molecular weight is 703 g/mol. The van der Waals surface area contributed by atoms with Crippen LogP contribution >= 0.6 is 0 Å². The lowest BCUT2D eigenvalue weighted by Crippen LogP contribution is -2.00. The first-order valence-corrected chi connectivity index (χ1v) is 18.4. The Morgan fingerprint density at radius 3 is 1.80 bits per heavy atom. The third-order valence-corrected chi connectivity index (χ3v) is 10.6. The van der Waals surface area contributed by atoms with Crippen LogP contribution in [-0.4, -0.2) is 19.9 Å². The van der Waals surface area contributed by atoms with Crippen LogP contribution in [0.1, 0.15) is 0 Å². The number of hydrogen-bond donors (Lipinski definition) is 0. The summed E-state index contributed by atoms with van der Waals surface area (Å²) in [5.41, 5.74) is 9.68. The summed E-state index contributed by atoms with van der Waals surface area (Å²) in [5.74, 6) is 1.80. The second-order valence-electron chi connectivity index (χ2n) is 13.8. The van der Waals surface area contributed by atoms with Crippen LogP contribution in [0, 0.1) is 0 Å². The molecule has 0 amide bonds. The Hall–Kier alpha value is -7.50. The highest BCUT2D eigenvalue weighted by atomic mass is 16.3. The van der Waals surface area contributed by atoms with Crippen LogP contribution in [0.5, 0.6) is 0 Å². The van der Waals surface area contributed by atoms with Crippen LogP contribution in [0.2, 0.25) is 0 Å². The van der Waals surface area contributed by atoms with E-state index in [1.165, 1.54) is 21.5 Å². The van der Waals surface area contributed by atoms with Crippen molar-refractivity contribution < 1.29 is 4.42 Å². The minimum Gasteiger partial charge on any atom is -0.455 e. The first kappa shape index (κ1) is 31.1. The number of rotatable bonds is 5. The predicted molar refractivity (Wildman–Crippen MR) is 225 cm³/mol. The number of para-hydroxylation sites is 1. The Morgan fingerprint density at radius 1 is 0.364 bits per heavy atom. The molecule has 0 unspecified atom stereocenters. The van der Waals surface area contributed by atoms with Gasteiger partial charge in [-0.15, -0.1) is 0 Å². The third-order valence-electron chi connectivity index (χ3n) is 10.6. The summed E-state index contributed by atoms with van der Waals surface area (Å²) in [6.45, 7) is 0. The van der Waals surface area contributed by atoms with E-state index in [1.54, 1.807) is 0 Å². The quantitative estimate of drug-likeness (QED) is 0.167. The van der Waals surface area contributed by atoms with Gasteiger partial charge in [-0.1, -0.05) is 158 Å². The maximum Gasteiger partial charge on any atom is 0.164 e. The van der Waals surface area contributed by atoms with Gasteiger partial charge in [-0.3, -0.25) is 4.98 Å². The standard InChI is InChI=1S/C50H30N4O/c1-3-12-31(13-4-1)37-18-9-19-40-46-41(20-10-22-44(46)55-47(37)40)50-53-48(34-15-5-2-6-16-34)52-49(54-50)35-25-23-33(24-26-35)42-30-43-39(21-11-29-51-43)45-36-17-8-7-14-32(36)27-28-38(42)45/h1-30H. The SMILES string of the molecule is c1ccc(-c2nc(-c3ccc(-c4cc5ncccc5c5c4ccc4ccccc45)cc3)nc(-c3cccc4oc5c(-c6ccccc6)cccc5c34)n2)cc1. The number of pyridine rings is 1. The van der Waals surface area contributed by atoms with Crippen molar-refractivity contribution in [2.45, 2.75) is 0 Å². The van der Waals surface area contributed by atoms with Crippen LogP contribution < -0.4 is 0 Å². The normalized spacial score (nSPS) is 11.6. The van der Waals surface area contributed by atoms with Gasteiger partial charge < -0.3 is 4.42 Å². The number of fused-ring (bicyclic) bond motifs is 8. The van der Waals surface area contributed by atoms with Gasteiger partial charge in [0.2, 0.25) is 0 Å². The lowest BCUT2D eigenvalue weighted by molar-refractivity contribution is 0.670. The van der Waals surface area contributed by atoms with Crippen LogP contribution in [0.3, 0.4) is 0 Å². The van der Waals surface area contributed by atoms with Crippen LogP contribution in [0.25, 0.3) is 111 Å². The van der Waals surface area contributed by atoms with Crippen LogP contribution in [0.4, 0.5) is 0 Å². The molecule has 55 heavy (non-hydrogen) atoms. The van der Waals surface area contributed by atoms with Crippen molar-refractivity contribution in [3.05, 3.63) is 182 Å². The smallest absolute Gasteiger partial charge is 0.164 e. The molecule has 256 valence electrons. The molecule has 0 saturated heterocycles. The number of hydrogen-bond acceptors (Lipinski definition) is 5. The molecule has 0 bridgehead atoms. The second kappa shape index (κ2) is 12.6. The highest BCUT2D eigenvalue weighted by Crippen LogP contribution is 2.41. The Kier molecular flexibility index (Phi) is 7.10. The van der Waals surface area contributed by atoms with Gasteiger partial charge in [0.15, 0.2) is 17.5 Å². The molecule has 0 spiro atoms. The van der Waals surface area contributed by atoms with Crippen molar-refractivity contribution in [2.24, 2.45) is 0 Å². The number of furan rings is 1. The summed E-state index contributed by atoms with van der Waals surface area (Å²) < 4.78 is 6.59. The first-order chi connectivity index (χ1) is 27.3. The Balaban J connectivity index is 1.08. The van der Waals surface area contributed by atoms with Gasteiger partial charge in [-0.05, 0) is 56.4 Å². The van der Waals surface area contributed by atoms with E-state index in [0.29, 0.717) is 17.5 Å². The second-order valence-corrected chi connectivity index (χ2v) is 13.8. The summed E-state index contributed by atoms with van der Waals surface area (Å²) in [6.07, 6.45) is 1.86. The molecule has 0 aliphatic heterocycles. The zero-order chi connectivity index (χ0) is 36.3. The maximum atomic E-state index is 6.59. The zero-order valence-corrected chi connectivity index (χ0v) is 29.5. The van der Waals surface area contributed by atoms with Crippen LogP contribution in [-0.2, 0) is 0 Å². The van der Waals surface area contributed by atoms with E-state index in [1.807, 2.05) is 60.8 Å². The lowest BCUT2D eigenvalue weighted by atomic mass is 9.91. The molecule has 0 saturated carbocycles. The number of nitrogens with zero attached hydrogens (tertiary/aromatic N) is 4. The number of aromatic nitrogens is 4. The van der Waals surface area contributed by atoms with E-state index in [-0.39, 0.29) is 0 Å². The Bertz CT molecular complexity index is 3230. The highest BCUT2D eigenvalue weighted by Gasteiger charge is 2.20. The van der Waals surface area contributed by atoms with Gasteiger partial charge >= 0.3 is 0 Å². The van der Waals surface area contributed by atoms with Gasteiger partial charge in [0.25, 0.3) is 0 Å². The maximum absolute atomic E-state index is 6.59. The molecular weight excluding hydrogens is 673 g/mol. The molecule has 0 N–H and O–H groups in total. The molecule has 0 radical (unpaired) electrons. The van der Waals surface area contributed by atoms with E-state index < -0.39 is 0 Å². The van der Waals surface area contributed by atoms with Gasteiger partial charge in [0, 0.05) is 44.6 Å². The van der Waals surface area contributed by atoms with Crippen molar-refractivity contribution in [3.8, 4) is 56.4 Å². The van der Waals surface area contributed by atoms with E-state index in [9.17, 15) is 0 Å². The van der Waals surface area contributed by atoms with Gasteiger partial charge in [0.05, 0.1) is 5.52 Å². The van der Waals surface area contributed by atoms with E-state index in [2.05, 4.69) is 121 Å². The molecule has 0 atom stereocenters. The van der Waals surface area contributed by atoms with Crippen molar-refractivity contribution in [3.63, 3.8) is 0 Å². The molecule has 0 aliphatic rings. The molecular formula is C50H30N4O. The molecule has 3 aromatic heterocycles. The Labute approximate surface area is 316 Å². The highest BCUT2D eigenvalue weighted by molar-refractivity contribution is 6.23. The Morgan fingerprint density at radius 2 is 0.982 bits per heavy atom. The lowest BCUT2D eigenvalue weighted by Gasteiger charge is -2.13. The molecule has 11 rings (SSSR count). The van der Waals surface area contributed by atoms with Gasteiger partial charge in [-0.25, -0.2) is 15.0 Å². The summed E-state index contributed by atoms with van der Waals surface area (Å²) >= 11 is 0. The fourth-order valence-electron chi connectivity index (χ4n) is 8.00. The van der Waals surface area contributed by atoms with Gasteiger partial charge in [0.1, 0.15) is 11.2 Å². The molecule has 0 aliphatic carbocycles. The van der Waals surface area contributed by atoms with Crippen molar-refractivity contribution in [1.29, 1.82) is 0 Å². The summed E-state index contributed by atoms with van der Waals surface area (Å²) in [4.78, 5) is 20.1. The topological polar surface area (TPSA) is 64.7 Å². The van der Waals surface area contributed by atoms with E-state index >= 15 is 0 Å². The van der Waals surface area contributed by atoms with Gasteiger partial charge in [-0.2, -0.15) is 0 Å². The van der Waals surface area contributed by atoms with E-state index in [4.69, 9.17) is 24.4 Å². The predicted octanol–water partition coefficient (Wildman–Crippen LogP) is 13.0. The largest absolute Gasteiger partial charge is 0.455 e. The fourth-order valence-corrected chi connectivity index (χ4v) is 8.00. The van der Waals surface area contributed by atoms with Crippen molar-refractivity contribution in [2.75, 3.05) is 0 Å². The first-order valence-electron chi connectivity index (χ1n) is 18.4. The van der Waals surface area contributed by atoms with Crippen molar-refractivity contribution in [1.82, 2.24) is 19.9 Å². The molecule has 5 nitrogen and oxygen atoms in total. The summed E-state index contributed by atoms with van der Waals surface area (Å²) in [6, 6.07) is 60.8. The average Bonchev–Trinajstić information content (AvgIpc) is 3.66. The minimum atomic E-state index is 0.588. The minimum absolute atomic E-state index is 0.588. The molecule has 8 aromatic carbocycles. The molecule has 5 heteroatoms. The zero-order valence-electron chi connectivity index (χ0n) is 29.5. The monoisotopic (exact) mass is 702 g/mol. The molecule has 11 aromatic rings. The van der Waals surface area contributed by atoms with E-state index in [0.717, 1.165) is 71.8 Å². The van der Waals surface area contributed by atoms with Crippen LogP contribution in [0.15, 0.2) is 187 Å². The number of benzene rings is 8.